The van der Waals surface area contributed by atoms with E-state index in [1.807, 2.05) is 26.1 Å². The third-order valence-electron chi connectivity index (χ3n) is 3.26. The van der Waals surface area contributed by atoms with E-state index >= 15 is 0 Å². The first-order valence-corrected chi connectivity index (χ1v) is 6.43. The van der Waals surface area contributed by atoms with Crippen LogP contribution in [0.25, 0.3) is 0 Å². The van der Waals surface area contributed by atoms with Gasteiger partial charge in [0.15, 0.2) is 0 Å². The van der Waals surface area contributed by atoms with E-state index in [9.17, 15) is 4.79 Å². The zero-order valence-electron chi connectivity index (χ0n) is 10.7. The normalized spacial score (nSPS) is 20.7. The summed E-state index contributed by atoms with van der Waals surface area (Å²) in [6, 6.07) is 5.35. The number of aryl methyl sites for hydroxylation is 1. The molecule has 2 N–H and O–H groups in total. The Bertz CT molecular complexity index is 450. The predicted molar refractivity (Wildman–Crippen MR) is 74.1 cm³/mol. The summed E-state index contributed by atoms with van der Waals surface area (Å²) < 4.78 is 0. The van der Waals surface area contributed by atoms with Crippen LogP contribution in [0.2, 0.25) is 5.02 Å². The number of hydrogen-bond donors (Lipinski definition) is 2. The monoisotopic (exact) mass is 267 g/mol. The summed E-state index contributed by atoms with van der Waals surface area (Å²) in [6.45, 7) is 4.44. The molecule has 5 heteroatoms. The highest BCUT2D eigenvalue weighted by atomic mass is 35.5. The van der Waals surface area contributed by atoms with Crippen LogP contribution in [0.15, 0.2) is 18.2 Å². The molecule has 98 valence electrons. The van der Waals surface area contributed by atoms with Gasteiger partial charge in [0.25, 0.3) is 0 Å². The van der Waals surface area contributed by atoms with E-state index in [2.05, 4.69) is 15.5 Å². The Morgan fingerprint density at radius 3 is 3.00 bits per heavy atom. The minimum Gasteiger partial charge on any atom is -0.324 e. The van der Waals surface area contributed by atoms with E-state index in [1.165, 1.54) is 0 Å². The fourth-order valence-corrected chi connectivity index (χ4v) is 2.31. The fourth-order valence-electron chi connectivity index (χ4n) is 2.08. The van der Waals surface area contributed by atoms with Gasteiger partial charge in [-0.3, -0.25) is 9.69 Å². The molecule has 0 aromatic heterocycles. The van der Waals surface area contributed by atoms with Crippen molar-refractivity contribution in [2.45, 2.75) is 13.0 Å². The number of anilines is 1. The zero-order chi connectivity index (χ0) is 13.1. The summed E-state index contributed by atoms with van der Waals surface area (Å²) in [5.41, 5.74) is 1.80. The SMILES string of the molecule is Cc1cc(Cl)ccc1NC(=O)C1CNCCN1C. The van der Waals surface area contributed by atoms with E-state index in [1.54, 1.807) is 6.07 Å². The van der Waals surface area contributed by atoms with Crippen LogP contribution in [0.3, 0.4) is 0 Å². The lowest BCUT2D eigenvalue weighted by Crippen LogP contribution is -2.54. The lowest BCUT2D eigenvalue weighted by molar-refractivity contribution is -0.121. The van der Waals surface area contributed by atoms with Gasteiger partial charge in [0.2, 0.25) is 5.91 Å². The van der Waals surface area contributed by atoms with Crippen LogP contribution in [0, 0.1) is 6.92 Å². The van der Waals surface area contributed by atoms with Gasteiger partial charge < -0.3 is 10.6 Å². The summed E-state index contributed by atoms with van der Waals surface area (Å²) >= 11 is 5.89. The highest BCUT2D eigenvalue weighted by Gasteiger charge is 2.25. The highest BCUT2D eigenvalue weighted by molar-refractivity contribution is 6.30. The first kappa shape index (κ1) is 13.3. The largest absolute Gasteiger partial charge is 0.324 e. The minimum absolute atomic E-state index is 0.0233. The summed E-state index contributed by atoms with van der Waals surface area (Å²) in [6.07, 6.45) is 0. The first-order chi connectivity index (χ1) is 8.58. The number of nitrogens with one attached hydrogen (secondary N) is 2. The first-order valence-electron chi connectivity index (χ1n) is 6.06. The maximum atomic E-state index is 12.2. The maximum Gasteiger partial charge on any atom is 0.243 e. The topological polar surface area (TPSA) is 44.4 Å². The average Bonchev–Trinajstić information content (AvgIpc) is 2.33. The smallest absolute Gasteiger partial charge is 0.243 e. The summed E-state index contributed by atoms with van der Waals surface area (Å²) in [5, 5.41) is 6.87. The molecule has 1 aromatic carbocycles. The maximum absolute atomic E-state index is 12.2. The molecular formula is C13H18ClN3O. The van der Waals surface area contributed by atoms with Crippen molar-refractivity contribution in [1.29, 1.82) is 0 Å². The molecule has 0 aliphatic carbocycles. The summed E-state index contributed by atoms with van der Waals surface area (Å²) in [7, 11) is 1.97. The molecule has 0 saturated carbocycles. The number of hydrogen-bond acceptors (Lipinski definition) is 3. The van der Waals surface area contributed by atoms with Gasteiger partial charge in [-0.2, -0.15) is 0 Å². The highest BCUT2D eigenvalue weighted by Crippen LogP contribution is 2.20. The molecule has 1 atom stereocenters. The summed E-state index contributed by atoms with van der Waals surface area (Å²) in [4.78, 5) is 14.3. The Hall–Kier alpha value is -1.10. The van der Waals surface area contributed by atoms with Gasteiger partial charge in [-0.15, -0.1) is 0 Å². The number of benzene rings is 1. The molecule has 1 heterocycles. The molecule has 1 unspecified atom stereocenters. The van der Waals surface area contributed by atoms with Crippen LogP contribution in [0.5, 0.6) is 0 Å². The van der Waals surface area contributed by atoms with Crippen molar-refractivity contribution in [3.8, 4) is 0 Å². The number of likely N-dealkylation sites (N-methyl/N-ethyl adjacent to an activating group) is 1. The van der Waals surface area contributed by atoms with Crippen molar-refractivity contribution in [3.05, 3.63) is 28.8 Å². The van der Waals surface area contributed by atoms with Crippen LogP contribution >= 0.6 is 11.6 Å². The Balaban J connectivity index is 2.06. The van der Waals surface area contributed by atoms with E-state index in [4.69, 9.17) is 11.6 Å². The minimum atomic E-state index is -0.117. The second-order valence-electron chi connectivity index (χ2n) is 4.65. The molecule has 4 nitrogen and oxygen atoms in total. The lowest BCUT2D eigenvalue weighted by Gasteiger charge is -2.32. The zero-order valence-corrected chi connectivity index (χ0v) is 11.4. The molecule has 1 aliphatic rings. The molecule has 0 spiro atoms. The molecule has 1 fully saturated rings. The Labute approximate surface area is 112 Å². The number of carbonyl (C=O) groups is 1. The van der Waals surface area contributed by atoms with Gasteiger partial charge in [0.1, 0.15) is 6.04 Å². The van der Waals surface area contributed by atoms with Gasteiger partial charge in [-0.25, -0.2) is 0 Å². The standard InChI is InChI=1S/C13H18ClN3O/c1-9-7-10(14)3-4-11(9)16-13(18)12-8-15-5-6-17(12)2/h3-4,7,12,15H,5-6,8H2,1-2H3,(H,16,18). The van der Waals surface area contributed by atoms with Crippen LogP contribution < -0.4 is 10.6 Å². The molecule has 0 bridgehead atoms. The molecule has 1 saturated heterocycles. The van der Waals surface area contributed by atoms with E-state index in [-0.39, 0.29) is 11.9 Å². The predicted octanol–water partition coefficient (Wildman–Crippen LogP) is 1.49. The van der Waals surface area contributed by atoms with Crippen molar-refractivity contribution in [3.63, 3.8) is 0 Å². The lowest BCUT2D eigenvalue weighted by atomic mass is 10.1. The van der Waals surface area contributed by atoms with Crippen molar-refractivity contribution in [1.82, 2.24) is 10.2 Å². The van der Waals surface area contributed by atoms with Crippen molar-refractivity contribution in [2.24, 2.45) is 0 Å². The number of amides is 1. The third-order valence-corrected chi connectivity index (χ3v) is 3.50. The van der Waals surface area contributed by atoms with Crippen molar-refractivity contribution < 1.29 is 4.79 Å². The quantitative estimate of drug-likeness (QED) is 0.853. The van der Waals surface area contributed by atoms with E-state index in [0.29, 0.717) is 11.6 Å². The van der Waals surface area contributed by atoms with Gasteiger partial charge in [-0.05, 0) is 37.7 Å². The molecule has 0 radical (unpaired) electrons. The molecule has 18 heavy (non-hydrogen) atoms. The van der Waals surface area contributed by atoms with Crippen LogP contribution in [-0.4, -0.2) is 43.5 Å². The van der Waals surface area contributed by atoms with Crippen LogP contribution in [0.1, 0.15) is 5.56 Å². The molecule has 1 aromatic rings. The fraction of sp³-hybridized carbons (Fsp3) is 0.462. The van der Waals surface area contributed by atoms with Gasteiger partial charge in [-0.1, -0.05) is 11.6 Å². The van der Waals surface area contributed by atoms with Gasteiger partial charge in [0.05, 0.1) is 0 Å². The van der Waals surface area contributed by atoms with Crippen LogP contribution in [-0.2, 0) is 4.79 Å². The van der Waals surface area contributed by atoms with Gasteiger partial charge >= 0.3 is 0 Å². The molecular weight excluding hydrogens is 250 g/mol. The molecule has 2 rings (SSSR count). The number of halogens is 1. The van der Waals surface area contributed by atoms with Crippen molar-refractivity contribution >= 4 is 23.2 Å². The van der Waals surface area contributed by atoms with E-state index < -0.39 is 0 Å². The third kappa shape index (κ3) is 3.02. The Kier molecular flexibility index (Phi) is 4.22. The molecule has 1 aliphatic heterocycles. The Morgan fingerprint density at radius 2 is 2.33 bits per heavy atom. The number of piperazine rings is 1. The number of rotatable bonds is 2. The van der Waals surface area contributed by atoms with Crippen LogP contribution in [0.4, 0.5) is 5.69 Å². The number of nitrogens with zero attached hydrogens (tertiary/aromatic N) is 1. The van der Waals surface area contributed by atoms with Gasteiger partial charge in [0, 0.05) is 30.3 Å². The summed E-state index contributed by atoms with van der Waals surface area (Å²) in [5.74, 6) is 0.0233. The molecule has 1 amide bonds. The van der Waals surface area contributed by atoms with E-state index in [0.717, 1.165) is 24.3 Å². The second-order valence-corrected chi connectivity index (χ2v) is 5.09. The second kappa shape index (κ2) is 5.69. The number of carbonyl (C=O) groups excluding carboxylic acids is 1. The Morgan fingerprint density at radius 1 is 1.56 bits per heavy atom. The van der Waals surface area contributed by atoms with Crippen molar-refractivity contribution in [2.75, 3.05) is 32.0 Å². The average molecular weight is 268 g/mol.